The van der Waals surface area contributed by atoms with E-state index in [1.54, 1.807) is 11.3 Å². The average molecular weight is 301 g/mol. The quantitative estimate of drug-likeness (QED) is 0.759. The molecule has 1 unspecified atom stereocenters. The van der Waals surface area contributed by atoms with Gasteiger partial charge >= 0.3 is 0 Å². The Kier molecular flexibility index (Phi) is 4.49. The summed E-state index contributed by atoms with van der Waals surface area (Å²) in [5.74, 6) is 1.21. The molecule has 0 aliphatic heterocycles. The summed E-state index contributed by atoms with van der Waals surface area (Å²) in [4.78, 5) is 7.92. The molecule has 0 aliphatic rings. The van der Waals surface area contributed by atoms with Crippen LogP contribution in [0.4, 0.5) is 5.82 Å². The highest BCUT2D eigenvalue weighted by molar-refractivity contribution is 7.10. The first-order valence-electron chi connectivity index (χ1n) is 5.61. The number of rotatable bonds is 4. The summed E-state index contributed by atoms with van der Waals surface area (Å²) in [6.45, 7) is 2.16. The second kappa shape index (κ2) is 5.91. The lowest BCUT2D eigenvalue weighted by molar-refractivity contribution is 0.740. The number of hydrogen-bond acceptors (Lipinski definition) is 3. The van der Waals surface area contributed by atoms with E-state index in [0.29, 0.717) is 10.9 Å². The van der Waals surface area contributed by atoms with Crippen LogP contribution in [-0.2, 0) is 5.88 Å². The largest absolute Gasteiger partial charge is 0.352 e. The topological polar surface area (TPSA) is 16.1 Å². The van der Waals surface area contributed by atoms with E-state index in [2.05, 4.69) is 34.3 Å². The van der Waals surface area contributed by atoms with Gasteiger partial charge in [0.1, 0.15) is 5.82 Å². The van der Waals surface area contributed by atoms with Crippen molar-refractivity contribution in [1.29, 1.82) is 0 Å². The fraction of sp³-hybridized carbons (Fsp3) is 0.308. The second-order valence-electron chi connectivity index (χ2n) is 4.03. The highest BCUT2D eigenvalue weighted by atomic mass is 35.5. The third-order valence-electron chi connectivity index (χ3n) is 2.93. The van der Waals surface area contributed by atoms with Crippen LogP contribution in [0.15, 0.2) is 29.6 Å². The van der Waals surface area contributed by atoms with Gasteiger partial charge in [-0.1, -0.05) is 17.7 Å². The van der Waals surface area contributed by atoms with Crippen LogP contribution in [0.25, 0.3) is 0 Å². The van der Waals surface area contributed by atoms with Crippen molar-refractivity contribution in [3.05, 3.63) is 45.2 Å². The van der Waals surface area contributed by atoms with Gasteiger partial charge in [-0.25, -0.2) is 4.98 Å². The van der Waals surface area contributed by atoms with Crippen molar-refractivity contribution in [2.24, 2.45) is 0 Å². The molecule has 2 heterocycles. The van der Waals surface area contributed by atoms with E-state index in [-0.39, 0.29) is 6.04 Å². The summed E-state index contributed by atoms with van der Waals surface area (Å²) in [7, 11) is 2.03. The van der Waals surface area contributed by atoms with E-state index in [1.165, 1.54) is 4.88 Å². The van der Waals surface area contributed by atoms with Crippen molar-refractivity contribution in [3.63, 3.8) is 0 Å². The molecule has 0 aliphatic carbocycles. The molecule has 2 aromatic rings. The monoisotopic (exact) mass is 300 g/mol. The summed E-state index contributed by atoms with van der Waals surface area (Å²) < 4.78 is 0. The first-order chi connectivity index (χ1) is 8.63. The lowest BCUT2D eigenvalue weighted by Crippen LogP contribution is -2.22. The second-order valence-corrected chi connectivity index (χ2v) is 5.69. The van der Waals surface area contributed by atoms with Crippen molar-refractivity contribution in [3.8, 4) is 0 Å². The van der Waals surface area contributed by atoms with Crippen molar-refractivity contribution < 1.29 is 0 Å². The first-order valence-corrected chi connectivity index (χ1v) is 7.40. The summed E-state index contributed by atoms with van der Waals surface area (Å²) in [5, 5.41) is 2.70. The number of pyridine rings is 1. The number of alkyl halides is 1. The van der Waals surface area contributed by atoms with Crippen molar-refractivity contribution in [1.82, 2.24) is 4.98 Å². The SMILES string of the molecule is CC(c1cccs1)N(C)c1ccc(Cl)c(CCl)n1. The van der Waals surface area contributed by atoms with Crippen LogP contribution in [0.5, 0.6) is 0 Å². The minimum atomic E-state index is 0.279. The van der Waals surface area contributed by atoms with Gasteiger partial charge in [0.05, 0.1) is 22.6 Å². The van der Waals surface area contributed by atoms with Crippen LogP contribution in [0.1, 0.15) is 23.5 Å². The lowest BCUT2D eigenvalue weighted by atomic mass is 10.2. The standard InChI is InChI=1S/C13H14Cl2N2S/c1-9(12-4-3-7-18-12)17(2)13-6-5-10(15)11(8-14)16-13/h3-7,9H,8H2,1-2H3. The molecule has 0 fully saturated rings. The van der Waals surface area contributed by atoms with Gasteiger partial charge in [-0.05, 0) is 30.5 Å². The zero-order chi connectivity index (χ0) is 13.1. The molecule has 0 N–H and O–H groups in total. The predicted octanol–water partition coefficient (Wildman–Crippen LogP) is 4.73. The van der Waals surface area contributed by atoms with E-state index in [0.717, 1.165) is 11.5 Å². The molecule has 18 heavy (non-hydrogen) atoms. The maximum Gasteiger partial charge on any atom is 0.129 e. The van der Waals surface area contributed by atoms with Gasteiger partial charge in [-0.2, -0.15) is 0 Å². The molecule has 0 radical (unpaired) electrons. The van der Waals surface area contributed by atoms with Crippen LogP contribution in [0.2, 0.25) is 5.02 Å². The van der Waals surface area contributed by atoms with Gasteiger partial charge in [0, 0.05) is 11.9 Å². The Labute approximate surface area is 121 Å². The normalized spacial score (nSPS) is 12.4. The van der Waals surface area contributed by atoms with Crippen LogP contribution >= 0.6 is 34.5 Å². The van der Waals surface area contributed by atoms with Crippen molar-refractivity contribution in [2.45, 2.75) is 18.8 Å². The molecule has 2 nitrogen and oxygen atoms in total. The van der Waals surface area contributed by atoms with Gasteiger partial charge in [0.15, 0.2) is 0 Å². The zero-order valence-electron chi connectivity index (χ0n) is 10.2. The highest BCUT2D eigenvalue weighted by Gasteiger charge is 2.15. The zero-order valence-corrected chi connectivity index (χ0v) is 12.6. The maximum absolute atomic E-state index is 6.02. The minimum Gasteiger partial charge on any atom is -0.352 e. The van der Waals surface area contributed by atoms with Crippen LogP contribution in [-0.4, -0.2) is 12.0 Å². The van der Waals surface area contributed by atoms with Crippen molar-refractivity contribution >= 4 is 40.4 Å². The van der Waals surface area contributed by atoms with Crippen LogP contribution in [0, 0.1) is 0 Å². The van der Waals surface area contributed by atoms with Crippen LogP contribution in [0.3, 0.4) is 0 Å². The summed E-state index contributed by atoms with van der Waals surface area (Å²) in [5.41, 5.74) is 0.723. The molecule has 0 amide bonds. The van der Waals surface area contributed by atoms with E-state index in [9.17, 15) is 0 Å². The first kappa shape index (κ1) is 13.7. The third kappa shape index (κ3) is 2.79. The molecule has 96 valence electrons. The van der Waals surface area contributed by atoms with E-state index < -0.39 is 0 Å². The summed E-state index contributed by atoms with van der Waals surface area (Å²) in [6.07, 6.45) is 0. The number of hydrogen-bond donors (Lipinski definition) is 0. The van der Waals surface area contributed by atoms with Gasteiger partial charge in [-0.3, -0.25) is 0 Å². The third-order valence-corrected chi connectivity index (χ3v) is 4.57. The Morgan fingerprint density at radius 2 is 2.17 bits per heavy atom. The molecular weight excluding hydrogens is 287 g/mol. The Morgan fingerprint density at radius 3 is 2.78 bits per heavy atom. The summed E-state index contributed by atoms with van der Waals surface area (Å²) >= 11 is 13.6. The molecule has 0 spiro atoms. The molecule has 1 atom stereocenters. The fourth-order valence-corrected chi connectivity index (χ4v) is 2.95. The van der Waals surface area contributed by atoms with Gasteiger partial charge in [0.2, 0.25) is 0 Å². The number of anilines is 1. The molecule has 0 bridgehead atoms. The molecule has 0 saturated heterocycles. The van der Waals surface area contributed by atoms with Gasteiger partial charge < -0.3 is 4.90 Å². The van der Waals surface area contributed by atoms with E-state index >= 15 is 0 Å². The Morgan fingerprint density at radius 1 is 1.39 bits per heavy atom. The fourth-order valence-electron chi connectivity index (χ4n) is 1.68. The Hall–Kier alpha value is -0.770. The van der Waals surface area contributed by atoms with E-state index in [4.69, 9.17) is 23.2 Å². The lowest BCUT2D eigenvalue weighted by Gasteiger charge is -2.25. The average Bonchev–Trinajstić information content (AvgIpc) is 2.91. The Balaban J connectivity index is 2.25. The van der Waals surface area contributed by atoms with Crippen LogP contribution < -0.4 is 4.90 Å². The number of thiophene rings is 1. The van der Waals surface area contributed by atoms with E-state index in [1.807, 2.05) is 19.2 Å². The number of nitrogens with zero attached hydrogens (tertiary/aromatic N) is 2. The molecule has 5 heteroatoms. The highest BCUT2D eigenvalue weighted by Crippen LogP contribution is 2.28. The maximum atomic E-state index is 6.02. The smallest absolute Gasteiger partial charge is 0.129 e. The minimum absolute atomic E-state index is 0.279. The molecule has 0 aromatic carbocycles. The number of halogens is 2. The predicted molar refractivity (Wildman–Crippen MR) is 79.9 cm³/mol. The number of aromatic nitrogens is 1. The van der Waals surface area contributed by atoms with Gasteiger partial charge in [-0.15, -0.1) is 22.9 Å². The Bertz CT molecular complexity index is 514. The molecule has 0 saturated carbocycles. The molecular formula is C13H14Cl2N2S. The van der Waals surface area contributed by atoms with Gasteiger partial charge in [0.25, 0.3) is 0 Å². The summed E-state index contributed by atoms with van der Waals surface area (Å²) in [6, 6.07) is 8.23. The van der Waals surface area contributed by atoms with Crippen molar-refractivity contribution in [2.75, 3.05) is 11.9 Å². The molecule has 2 aromatic heterocycles. The molecule has 2 rings (SSSR count).